The summed E-state index contributed by atoms with van der Waals surface area (Å²) < 4.78 is 0. The highest BCUT2D eigenvalue weighted by atomic mass is 32.1. The average Bonchev–Trinajstić information content (AvgIpc) is 2.90. The van der Waals surface area contributed by atoms with Gasteiger partial charge in [0.05, 0.1) is 0 Å². The van der Waals surface area contributed by atoms with Gasteiger partial charge in [-0.25, -0.2) is 9.97 Å². The topological polar surface area (TPSA) is 75.9 Å². The number of hydrogen-bond acceptors (Lipinski definition) is 6. The molecule has 0 amide bonds. The minimum absolute atomic E-state index is 0.588. The minimum Gasteiger partial charge on any atom is -0.370 e. The van der Waals surface area contributed by atoms with Crippen LogP contribution in [-0.2, 0) is 6.42 Å². The molecule has 2 aromatic heterocycles. The van der Waals surface area contributed by atoms with Crippen LogP contribution in [0.2, 0.25) is 0 Å². The molecule has 0 bridgehead atoms. The number of nitrogens with two attached hydrogens (primary N) is 1. The minimum atomic E-state index is 0.588. The van der Waals surface area contributed by atoms with E-state index in [1.807, 2.05) is 6.07 Å². The van der Waals surface area contributed by atoms with E-state index in [4.69, 9.17) is 5.73 Å². The van der Waals surface area contributed by atoms with Gasteiger partial charge in [0.2, 0.25) is 0 Å². The zero-order chi connectivity index (χ0) is 12.6. The SMILES string of the molecule is NCCNc1cc(NCCc2cccs2)ncn1. The standard InChI is InChI=1S/C12H17N5S/c13-4-6-15-12-8-11(16-9-17-12)14-5-3-10-2-1-7-18-10/h1-2,7-9H,3-6,13H2,(H2,14,15,16,17). The fourth-order valence-corrected chi connectivity index (χ4v) is 2.23. The van der Waals surface area contributed by atoms with Gasteiger partial charge in [-0.3, -0.25) is 0 Å². The van der Waals surface area contributed by atoms with Crippen molar-refractivity contribution in [1.82, 2.24) is 9.97 Å². The lowest BCUT2D eigenvalue weighted by molar-refractivity contribution is 0.993. The lowest BCUT2D eigenvalue weighted by Gasteiger charge is -2.07. The van der Waals surface area contributed by atoms with Crippen molar-refractivity contribution in [2.24, 2.45) is 5.73 Å². The Labute approximate surface area is 110 Å². The van der Waals surface area contributed by atoms with Gasteiger partial charge in [0.1, 0.15) is 18.0 Å². The molecule has 0 fully saturated rings. The summed E-state index contributed by atoms with van der Waals surface area (Å²) >= 11 is 1.77. The number of aromatic nitrogens is 2. The van der Waals surface area contributed by atoms with Gasteiger partial charge in [0.15, 0.2) is 0 Å². The summed E-state index contributed by atoms with van der Waals surface area (Å²) in [6.07, 6.45) is 2.56. The molecule has 0 saturated carbocycles. The lowest BCUT2D eigenvalue weighted by atomic mass is 10.3. The van der Waals surface area contributed by atoms with Crippen molar-refractivity contribution in [3.8, 4) is 0 Å². The molecule has 0 unspecified atom stereocenters. The van der Waals surface area contributed by atoms with Gasteiger partial charge in [-0.1, -0.05) is 6.07 Å². The fraction of sp³-hybridized carbons (Fsp3) is 0.333. The van der Waals surface area contributed by atoms with Crippen LogP contribution >= 0.6 is 11.3 Å². The predicted octanol–water partition coefficient (Wildman–Crippen LogP) is 1.56. The number of hydrogen-bond donors (Lipinski definition) is 3. The smallest absolute Gasteiger partial charge is 0.131 e. The van der Waals surface area contributed by atoms with Gasteiger partial charge < -0.3 is 16.4 Å². The van der Waals surface area contributed by atoms with E-state index in [-0.39, 0.29) is 0 Å². The van der Waals surface area contributed by atoms with Crippen molar-refractivity contribution in [1.29, 1.82) is 0 Å². The molecule has 0 saturated heterocycles. The summed E-state index contributed by atoms with van der Waals surface area (Å²) in [4.78, 5) is 9.67. The Morgan fingerprint density at radius 1 is 1.17 bits per heavy atom. The van der Waals surface area contributed by atoms with Gasteiger partial charge >= 0.3 is 0 Å². The zero-order valence-electron chi connectivity index (χ0n) is 10.1. The number of anilines is 2. The van der Waals surface area contributed by atoms with Crippen LogP contribution in [0, 0.1) is 0 Å². The van der Waals surface area contributed by atoms with E-state index in [9.17, 15) is 0 Å². The number of thiophene rings is 1. The number of nitrogens with one attached hydrogen (secondary N) is 2. The summed E-state index contributed by atoms with van der Waals surface area (Å²) in [7, 11) is 0. The Balaban J connectivity index is 1.81. The van der Waals surface area contributed by atoms with E-state index in [1.165, 1.54) is 4.88 Å². The van der Waals surface area contributed by atoms with Gasteiger partial charge in [0.25, 0.3) is 0 Å². The fourth-order valence-electron chi connectivity index (χ4n) is 1.52. The second-order valence-electron chi connectivity index (χ2n) is 3.76. The highest BCUT2D eigenvalue weighted by Crippen LogP contribution is 2.11. The van der Waals surface area contributed by atoms with Crippen LogP contribution in [0.4, 0.5) is 11.6 Å². The molecule has 2 aromatic rings. The highest BCUT2D eigenvalue weighted by molar-refractivity contribution is 7.09. The van der Waals surface area contributed by atoms with Crippen LogP contribution in [0.5, 0.6) is 0 Å². The Morgan fingerprint density at radius 2 is 1.94 bits per heavy atom. The van der Waals surface area contributed by atoms with Crippen molar-refractivity contribution in [3.05, 3.63) is 34.8 Å². The van der Waals surface area contributed by atoms with Gasteiger partial charge in [-0.2, -0.15) is 0 Å². The first-order chi connectivity index (χ1) is 8.88. The maximum atomic E-state index is 5.43. The van der Waals surface area contributed by atoms with E-state index >= 15 is 0 Å². The molecule has 0 atom stereocenters. The monoisotopic (exact) mass is 263 g/mol. The average molecular weight is 263 g/mol. The molecule has 0 aliphatic rings. The normalized spacial score (nSPS) is 10.3. The van der Waals surface area contributed by atoms with E-state index in [0.29, 0.717) is 13.1 Å². The third-order valence-corrected chi connectivity index (χ3v) is 3.31. The summed E-state index contributed by atoms with van der Waals surface area (Å²) in [6.45, 7) is 2.17. The summed E-state index contributed by atoms with van der Waals surface area (Å²) in [5, 5.41) is 8.50. The van der Waals surface area contributed by atoms with Crippen LogP contribution < -0.4 is 16.4 Å². The first kappa shape index (κ1) is 12.8. The van der Waals surface area contributed by atoms with E-state index < -0.39 is 0 Å². The molecule has 6 heteroatoms. The Kier molecular flexibility index (Phi) is 4.92. The number of rotatable bonds is 7. The second-order valence-corrected chi connectivity index (χ2v) is 4.79. The van der Waals surface area contributed by atoms with Crippen molar-refractivity contribution >= 4 is 23.0 Å². The quantitative estimate of drug-likeness (QED) is 0.707. The molecule has 0 aromatic carbocycles. The van der Waals surface area contributed by atoms with E-state index in [0.717, 1.165) is 24.6 Å². The van der Waals surface area contributed by atoms with Crippen molar-refractivity contribution in [3.63, 3.8) is 0 Å². The van der Waals surface area contributed by atoms with Crippen molar-refractivity contribution in [2.75, 3.05) is 30.3 Å². The van der Waals surface area contributed by atoms with Crippen molar-refractivity contribution in [2.45, 2.75) is 6.42 Å². The summed E-state index contributed by atoms with van der Waals surface area (Å²) in [5.74, 6) is 1.63. The van der Waals surface area contributed by atoms with Gasteiger partial charge in [-0.05, 0) is 17.9 Å². The van der Waals surface area contributed by atoms with Crippen LogP contribution in [0.25, 0.3) is 0 Å². The largest absolute Gasteiger partial charge is 0.370 e. The predicted molar refractivity (Wildman–Crippen MR) is 76.1 cm³/mol. The zero-order valence-corrected chi connectivity index (χ0v) is 10.9. The third kappa shape index (κ3) is 3.97. The number of nitrogens with zero attached hydrogens (tertiary/aromatic N) is 2. The highest BCUT2D eigenvalue weighted by Gasteiger charge is 1.98. The second kappa shape index (κ2) is 6.93. The van der Waals surface area contributed by atoms with Gasteiger partial charge in [0, 0.05) is 30.6 Å². The molecular formula is C12H17N5S. The lowest BCUT2D eigenvalue weighted by Crippen LogP contribution is -2.14. The Morgan fingerprint density at radius 3 is 2.61 bits per heavy atom. The molecule has 0 spiro atoms. The molecule has 0 aliphatic carbocycles. The molecule has 0 aliphatic heterocycles. The van der Waals surface area contributed by atoms with Crippen LogP contribution in [0.1, 0.15) is 4.88 Å². The van der Waals surface area contributed by atoms with Crippen LogP contribution in [0.15, 0.2) is 29.9 Å². The van der Waals surface area contributed by atoms with Crippen LogP contribution in [-0.4, -0.2) is 29.6 Å². The first-order valence-electron chi connectivity index (χ1n) is 5.91. The maximum Gasteiger partial charge on any atom is 0.131 e. The Hall–Kier alpha value is -1.66. The van der Waals surface area contributed by atoms with Gasteiger partial charge in [-0.15, -0.1) is 11.3 Å². The third-order valence-electron chi connectivity index (χ3n) is 2.38. The Bertz CT molecular complexity index is 457. The summed E-state index contributed by atoms with van der Waals surface area (Å²) in [5.41, 5.74) is 5.43. The van der Waals surface area contributed by atoms with E-state index in [2.05, 4.69) is 38.1 Å². The molecule has 5 nitrogen and oxygen atoms in total. The summed E-state index contributed by atoms with van der Waals surface area (Å²) in [6, 6.07) is 6.10. The molecule has 2 heterocycles. The van der Waals surface area contributed by atoms with Crippen molar-refractivity contribution < 1.29 is 0 Å². The van der Waals surface area contributed by atoms with Crippen LogP contribution in [0.3, 0.4) is 0 Å². The molecule has 0 radical (unpaired) electrons. The molecule has 96 valence electrons. The molecular weight excluding hydrogens is 246 g/mol. The van der Waals surface area contributed by atoms with E-state index in [1.54, 1.807) is 17.7 Å². The molecule has 18 heavy (non-hydrogen) atoms. The molecule has 2 rings (SSSR count). The maximum absolute atomic E-state index is 5.43. The molecule has 4 N–H and O–H groups in total. The first-order valence-corrected chi connectivity index (χ1v) is 6.78.